The first-order valence-corrected chi connectivity index (χ1v) is 7.14. The fourth-order valence-electron chi connectivity index (χ4n) is 1.92. The zero-order chi connectivity index (χ0) is 16.8. The number of aliphatic hydroxyl groups excluding tert-OH is 1. The molecule has 2 aromatic carbocycles. The first-order chi connectivity index (χ1) is 11.0. The maximum Gasteiger partial charge on any atom is 0.313 e. The lowest BCUT2D eigenvalue weighted by molar-refractivity contribution is -0.136. The molecule has 7 heteroatoms. The Labute approximate surface area is 137 Å². The van der Waals surface area contributed by atoms with Gasteiger partial charge in [0.15, 0.2) is 0 Å². The predicted molar refractivity (Wildman–Crippen MR) is 85.6 cm³/mol. The van der Waals surface area contributed by atoms with Crippen molar-refractivity contribution in [1.82, 2.24) is 5.32 Å². The van der Waals surface area contributed by atoms with Crippen molar-refractivity contribution < 1.29 is 19.1 Å². The Hall–Kier alpha value is -2.44. The van der Waals surface area contributed by atoms with Gasteiger partial charge in [0, 0.05) is 22.8 Å². The summed E-state index contributed by atoms with van der Waals surface area (Å²) >= 11 is 5.83. The zero-order valence-corrected chi connectivity index (χ0v) is 12.7. The van der Waals surface area contributed by atoms with E-state index in [0.717, 1.165) is 0 Å². The van der Waals surface area contributed by atoms with Gasteiger partial charge in [-0.3, -0.25) is 9.59 Å². The minimum Gasteiger partial charge on any atom is -0.395 e. The number of amides is 2. The molecule has 0 aliphatic carbocycles. The normalized spacial score (nSPS) is 10.2. The summed E-state index contributed by atoms with van der Waals surface area (Å²) < 4.78 is 13.5. The van der Waals surface area contributed by atoms with Crippen molar-refractivity contribution in [2.24, 2.45) is 0 Å². The molecule has 3 N–H and O–H groups in total. The number of benzene rings is 2. The van der Waals surface area contributed by atoms with Crippen LogP contribution in [-0.2, 0) is 9.59 Å². The number of carbonyl (C=O) groups is 2. The van der Waals surface area contributed by atoms with Gasteiger partial charge >= 0.3 is 11.8 Å². The van der Waals surface area contributed by atoms with Crippen LogP contribution in [-0.4, -0.2) is 30.1 Å². The fourth-order valence-corrected chi connectivity index (χ4v) is 2.05. The molecule has 0 saturated heterocycles. The number of aliphatic hydroxyl groups is 1. The quantitative estimate of drug-likeness (QED) is 0.749. The first-order valence-electron chi connectivity index (χ1n) is 6.77. The van der Waals surface area contributed by atoms with E-state index >= 15 is 0 Å². The first kappa shape index (κ1) is 16.9. The second-order valence-corrected chi connectivity index (χ2v) is 5.07. The monoisotopic (exact) mass is 336 g/mol. The van der Waals surface area contributed by atoms with Gasteiger partial charge < -0.3 is 15.7 Å². The predicted octanol–water partition coefficient (Wildman–Crippen LogP) is 2.19. The van der Waals surface area contributed by atoms with E-state index in [-0.39, 0.29) is 18.8 Å². The highest BCUT2D eigenvalue weighted by atomic mass is 35.5. The molecule has 0 spiro atoms. The fraction of sp³-hybridized carbons (Fsp3) is 0.125. The molecule has 2 rings (SSSR count). The summed E-state index contributed by atoms with van der Waals surface area (Å²) in [4.78, 5) is 23.4. The molecule has 0 aliphatic rings. The Bertz CT molecular complexity index is 720. The number of anilines is 1. The van der Waals surface area contributed by atoms with E-state index in [2.05, 4.69) is 10.6 Å². The molecule has 0 fully saturated rings. The van der Waals surface area contributed by atoms with Crippen LogP contribution in [0.15, 0.2) is 42.5 Å². The third-order valence-corrected chi connectivity index (χ3v) is 3.24. The molecule has 0 saturated carbocycles. The van der Waals surface area contributed by atoms with Crippen molar-refractivity contribution >= 4 is 29.1 Å². The summed E-state index contributed by atoms with van der Waals surface area (Å²) in [5.41, 5.74) is 1.35. The van der Waals surface area contributed by atoms with Crippen molar-refractivity contribution in [2.45, 2.75) is 0 Å². The third kappa shape index (κ3) is 4.51. The van der Waals surface area contributed by atoms with Gasteiger partial charge in [0.25, 0.3) is 0 Å². The molecule has 2 aromatic rings. The molecule has 23 heavy (non-hydrogen) atoms. The maximum atomic E-state index is 13.5. The number of carbonyl (C=O) groups excluding carboxylic acids is 2. The number of nitrogens with one attached hydrogen (secondary N) is 2. The Morgan fingerprint density at radius 1 is 1.09 bits per heavy atom. The molecule has 2 amide bonds. The van der Waals surface area contributed by atoms with E-state index in [1.54, 1.807) is 24.3 Å². The van der Waals surface area contributed by atoms with Crippen LogP contribution < -0.4 is 10.6 Å². The van der Waals surface area contributed by atoms with Crippen LogP contribution in [0.2, 0.25) is 5.02 Å². The summed E-state index contributed by atoms with van der Waals surface area (Å²) in [7, 11) is 0. The van der Waals surface area contributed by atoms with Crippen LogP contribution in [0.5, 0.6) is 0 Å². The van der Waals surface area contributed by atoms with Crippen LogP contribution in [0.1, 0.15) is 0 Å². The molecule has 0 aliphatic heterocycles. The van der Waals surface area contributed by atoms with Gasteiger partial charge in [-0.25, -0.2) is 4.39 Å². The minimum atomic E-state index is -0.903. The lowest BCUT2D eigenvalue weighted by atomic mass is 10.0. The summed E-state index contributed by atoms with van der Waals surface area (Å²) in [6, 6.07) is 10.4. The lowest BCUT2D eigenvalue weighted by Crippen LogP contribution is -2.36. The highest BCUT2D eigenvalue weighted by Gasteiger charge is 2.16. The van der Waals surface area contributed by atoms with Crippen molar-refractivity contribution in [3.05, 3.63) is 53.3 Å². The number of hydrogen-bond acceptors (Lipinski definition) is 3. The number of halogens is 2. The zero-order valence-electron chi connectivity index (χ0n) is 12.0. The Balaban J connectivity index is 2.27. The van der Waals surface area contributed by atoms with Crippen LogP contribution in [0.3, 0.4) is 0 Å². The van der Waals surface area contributed by atoms with E-state index in [1.165, 1.54) is 18.2 Å². The average molecular weight is 337 g/mol. The van der Waals surface area contributed by atoms with Crippen LogP contribution >= 0.6 is 11.6 Å². The molecule has 0 heterocycles. The van der Waals surface area contributed by atoms with Crippen molar-refractivity contribution in [1.29, 1.82) is 0 Å². The Morgan fingerprint density at radius 2 is 1.78 bits per heavy atom. The standard InChI is InChI=1S/C16H14ClFN2O3/c17-11-3-1-10(2-4-11)13-9-12(18)5-6-14(13)20-16(23)15(22)19-7-8-21/h1-6,9,21H,7-8H2,(H,19,22)(H,20,23). The molecule has 120 valence electrons. The van der Waals surface area contributed by atoms with Gasteiger partial charge in [0.1, 0.15) is 5.82 Å². The SMILES string of the molecule is O=C(NCCO)C(=O)Nc1ccc(F)cc1-c1ccc(Cl)cc1. The minimum absolute atomic E-state index is 0.0281. The average Bonchev–Trinajstić information content (AvgIpc) is 2.55. The maximum absolute atomic E-state index is 13.5. The summed E-state index contributed by atoms with van der Waals surface area (Å²) in [6.45, 7) is -0.300. The summed E-state index contributed by atoms with van der Waals surface area (Å²) in [5.74, 6) is -2.26. The van der Waals surface area contributed by atoms with E-state index in [0.29, 0.717) is 16.1 Å². The van der Waals surface area contributed by atoms with Gasteiger partial charge in [0.05, 0.1) is 6.61 Å². The summed E-state index contributed by atoms with van der Waals surface area (Å²) in [6.07, 6.45) is 0. The van der Waals surface area contributed by atoms with Gasteiger partial charge in [-0.05, 0) is 35.9 Å². The molecule has 0 unspecified atom stereocenters. The highest BCUT2D eigenvalue weighted by Crippen LogP contribution is 2.29. The molecule has 0 atom stereocenters. The van der Waals surface area contributed by atoms with Crippen molar-refractivity contribution in [2.75, 3.05) is 18.5 Å². The second-order valence-electron chi connectivity index (χ2n) is 4.63. The van der Waals surface area contributed by atoms with E-state index in [1.807, 2.05) is 0 Å². The lowest BCUT2D eigenvalue weighted by Gasteiger charge is -2.11. The Morgan fingerprint density at radius 3 is 2.43 bits per heavy atom. The largest absolute Gasteiger partial charge is 0.395 e. The topological polar surface area (TPSA) is 78.4 Å². The van der Waals surface area contributed by atoms with E-state index in [4.69, 9.17) is 16.7 Å². The van der Waals surface area contributed by atoms with Crippen LogP contribution in [0.4, 0.5) is 10.1 Å². The van der Waals surface area contributed by atoms with E-state index < -0.39 is 17.6 Å². The second kappa shape index (κ2) is 7.71. The van der Waals surface area contributed by atoms with Gasteiger partial charge in [0.2, 0.25) is 0 Å². The molecule has 0 radical (unpaired) electrons. The van der Waals surface area contributed by atoms with Gasteiger partial charge in [-0.1, -0.05) is 23.7 Å². The van der Waals surface area contributed by atoms with Crippen molar-refractivity contribution in [3.63, 3.8) is 0 Å². The van der Waals surface area contributed by atoms with Crippen LogP contribution in [0.25, 0.3) is 11.1 Å². The number of hydrogen-bond donors (Lipinski definition) is 3. The smallest absolute Gasteiger partial charge is 0.313 e. The summed E-state index contributed by atoms with van der Waals surface area (Å²) in [5, 5.41) is 13.8. The molecular formula is C16H14ClFN2O3. The Kier molecular flexibility index (Phi) is 5.67. The number of rotatable bonds is 4. The third-order valence-electron chi connectivity index (χ3n) is 2.99. The molecule has 0 aromatic heterocycles. The van der Waals surface area contributed by atoms with Crippen molar-refractivity contribution in [3.8, 4) is 11.1 Å². The van der Waals surface area contributed by atoms with Crippen LogP contribution in [0, 0.1) is 5.82 Å². The van der Waals surface area contributed by atoms with Gasteiger partial charge in [-0.15, -0.1) is 0 Å². The highest BCUT2D eigenvalue weighted by molar-refractivity contribution is 6.40. The molecule has 0 bridgehead atoms. The van der Waals surface area contributed by atoms with E-state index in [9.17, 15) is 14.0 Å². The van der Waals surface area contributed by atoms with Gasteiger partial charge in [-0.2, -0.15) is 0 Å². The molecular weight excluding hydrogens is 323 g/mol. The molecule has 5 nitrogen and oxygen atoms in total.